The first-order valence-electron chi connectivity index (χ1n) is 8.62. The molecule has 1 N–H and O–H groups in total. The van der Waals surface area contributed by atoms with Gasteiger partial charge in [0.25, 0.3) is 0 Å². The van der Waals surface area contributed by atoms with E-state index in [9.17, 15) is 4.79 Å². The molecule has 1 unspecified atom stereocenters. The first kappa shape index (κ1) is 16.8. The van der Waals surface area contributed by atoms with Crippen LogP contribution in [0, 0.1) is 5.92 Å². The number of nitrogens with zero attached hydrogens (tertiary/aromatic N) is 4. The SMILES string of the molecule is O=C(CSc1nnnn1-c1ccccc1)NC(c1ccccc1)C1CC1. The molecule has 1 saturated carbocycles. The van der Waals surface area contributed by atoms with Gasteiger partial charge < -0.3 is 5.32 Å². The summed E-state index contributed by atoms with van der Waals surface area (Å²) in [7, 11) is 0. The lowest BCUT2D eigenvalue weighted by Crippen LogP contribution is -2.31. The van der Waals surface area contributed by atoms with Crippen LogP contribution in [0.1, 0.15) is 24.4 Å². The summed E-state index contributed by atoms with van der Waals surface area (Å²) in [6.45, 7) is 0. The Kier molecular flexibility index (Phi) is 4.97. The largest absolute Gasteiger partial charge is 0.348 e. The molecule has 6 nitrogen and oxygen atoms in total. The fourth-order valence-electron chi connectivity index (χ4n) is 2.91. The average Bonchev–Trinajstić information content (AvgIpc) is 3.42. The van der Waals surface area contributed by atoms with Gasteiger partial charge in [0.15, 0.2) is 0 Å². The summed E-state index contributed by atoms with van der Waals surface area (Å²) in [4.78, 5) is 12.5. The van der Waals surface area contributed by atoms with E-state index < -0.39 is 0 Å². The number of rotatable bonds is 7. The van der Waals surface area contributed by atoms with Crippen molar-refractivity contribution >= 4 is 17.7 Å². The van der Waals surface area contributed by atoms with Crippen LogP contribution in [0.5, 0.6) is 0 Å². The second kappa shape index (κ2) is 7.70. The van der Waals surface area contributed by atoms with E-state index in [1.165, 1.54) is 30.2 Å². The molecule has 1 atom stereocenters. The zero-order valence-corrected chi connectivity index (χ0v) is 15.0. The maximum atomic E-state index is 12.5. The third kappa shape index (κ3) is 3.94. The van der Waals surface area contributed by atoms with Gasteiger partial charge in [-0.15, -0.1) is 5.10 Å². The van der Waals surface area contributed by atoms with E-state index >= 15 is 0 Å². The molecule has 0 spiro atoms. The Bertz CT molecular complexity index is 864. The minimum absolute atomic E-state index is 0.00151. The first-order valence-corrected chi connectivity index (χ1v) is 9.61. The number of carbonyl (C=O) groups is 1. The number of carbonyl (C=O) groups excluding carboxylic acids is 1. The van der Waals surface area contributed by atoms with Gasteiger partial charge in [0.2, 0.25) is 11.1 Å². The van der Waals surface area contributed by atoms with E-state index in [0.29, 0.717) is 11.1 Å². The van der Waals surface area contributed by atoms with Crippen molar-refractivity contribution in [2.75, 3.05) is 5.75 Å². The number of benzene rings is 2. The van der Waals surface area contributed by atoms with Gasteiger partial charge in [-0.3, -0.25) is 4.79 Å². The van der Waals surface area contributed by atoms with E-state index in [1.807, 2.05) is 48.5 Å². The molecule has 26 heavy (non-hydrogen) atoms. The van der Waals surface area contributed by atoms with Crippen molar-refractivity contribution < 1.29 is 4.79 Å². The lowest BCUT2D eigenvalue weighted by molar-refractivity contribution is -0.119. The number of hydrogen-bond donors (Lipinski definition) is 1. The number of hydrogen-bond acceptors (Lipinski definition) is 5. The highest BCUT2D eigenvalue weighted by atomic mass is 32.2. The Morgan fingerprint density at radius 2 is 1.81 bits per heavy atom. The Balaban J connectivity index is 1.40. The van der Waals surface area contributed by atoms with Crippen LogP contribution in [0.25, 0.3) is 5.69 Å². The molecule has 1 heterocycles. The van der Waals surface area contributed by atoms with E-state index in [4.69, 9.17) is 0 Å². The lowest BCUT2D eigenvalue weighted by atomic mass is 10.0. The van der Waals surface area contributed by atoms with Gasteiger partial charge in [-0.05, 0) is 46.9 Å². The molecule has 0 saturated heterocycles. The van der Waals surface area contributed by atoms with Crippen molar-refractivity contribution in [2.24, 2.45) is 5.92 Å². The molecule has 0 bridgehead atoms. The molecule has 0 aliphatic heterocycles. The number of thioether (sulfide) groups is 1. The van der Waals surface area contributed by atoms with Gasteiger partial charge in [0.1, 0.15) is 0 Å². The highest BCUT2D eigenvalue weighted by Gasteiger charge is 2.33. The second-order valence-electron chi connectivity index (χ2n) is 6.29. The molecule has 1 aliphatic rings. The molecule has 1 amide bonds. The van der Waals surface area contributed by atoms with E-state index in [0.717, 1.165) is 5.69 Å². The van der Waals surface area contributed by atoms with E-state index in [2.05, 4.69) is 33.0 Å². The maximum absolute atomic E-state index is 12.5. The van der Waals surface area contributed by atoms with Gasteiger partial charge in [-0.2, -0.15) is 4.68 Å². The number of aromatic nitrogens is 4. The summed E-state index contributed by atoms with van der Waals surface area (Å²) in [5.74, 6) is 0.822. The van der Waals surface area contributed by atoms with Crippen molar-refractivity contribution in [3.05, 3.63) is 66.2 Å². The molecule has 1 fully saturated rings. The van der Waals surface area contributed by atoms with Gasteiger partial charge in [0, 0.05) is 0 Å². The Morgan fingerprint density at radius 3 is 2.50 bits per heavy atom. The van der Waals surface area contributed by atoms with Crippen LogP contribution < -0.4 is 5.32 Å². The van der Waals surface area contributed by atoms with Crippen LogP contribution in [-0.2, 0) is 4.79 Å². The molecule has 1 aromatic heterocycles. The molecule has 2 aromatic carbocycles. The molecule has 1 aliphatic carbocycles. The van der Waals surface area contributed by atoms with Crippen molar-refractivity contribution in [1.29, 1.82) is 0 Å². The lowest BCUT2D eigenvalue weighted by Gasteiger charge is -2.18. The van der Waals surface area contributed by atoms with Crippen LogP contribution in [0.4, 0.5) is 0 Å². The molecule has 7 heteroatoms. The Hall–Kier alpha value is -2.67. The number of para-hydroxylation sites is 1. The van der Waals surface area contributed by atoms with Gasteiger partial charge >= 0.3 is 0 Å². The number of amides is 1. The zero-order chi connectivity index (χ0) is 17.8. The molecule has 0 radical (unpaired) electrons. The first-order chi connectivity index (χ1) is 12.8. The van der Waals surface area contributed by atoms with Crippen molar-refractivity contribution in [2.45, 2.75) is 24.0 Å². The summed E-state index contributed by atoms with van der Waals surface area (Å²) in [6, 6.07) is 19.9. The van der Waals surface area contributed by atoms with Crippen molar-refractivity contribution in [1.82, 2.24) is 25.5 Å². The van der Waals surface area contributed by atoms with Crippen LogP contribution in [0.2, 0.25) is 0 Å². The highest BCUT2D eigenvalue weighted by molar-refractivity contribution is 7.99. The summed E-state index contributed by atoms with van der Waals surface area (Å²) in [6.07, 6.45) is 2.33. The average molecular weight is 365 g/mol. The van der Waals surface area contributed by atoms with Crippen LogP contribution in [-0.4, -0.2) is 31.9 Å². The van der Waals surface area contributed by atoms with Gasteiger partial charge in [-0.25, -0.2) is 0 Å². The molecule has 4 rings (SSSR count). The minimum atomic E-state index is -0.00151. The fraction of sp³-hybridized carbons (Fsp3) is 0.263. The fourth-order valence-corrected chi connectivity index (χ4v) is 3.61. The maximum Gasteiger partial charge on any atom is 0.230 e. The molecular weight excluding hydrogens is 346 g/mol. The van der Waals surface area contributed by atoms with Crippen molar-refractivity contribution in [3.8, 4) is 5.69 Å². The molecule has 132 valence electrons. The smallest absolute Gasteiger partial charge is 0.230 e. The van der Waals surface area contributed by atoms with Crippen LogP contribution in [0.15, 0.2) is 65.8 Å². The zero-order valence-electron chi connectivity index (χ0n) is 14.2. The Morgan fingerprint density at radius 1 is 1.12 bits per heavy atom. The Labute approximate surface area is 156 Å². The summed E-state index contributed by atoms with van der Waals surface area (Å²) in [5, 5.41) is 15.6. The summed E-state index contributed by atoms with van der Waals surface area (Å²) >= 11 is 1.34. The number of nitrogens with one attached hydrogen (secondary N) is 1. The van der Waals surface area contributed by atoms with Crippen molar-refractivity contribution in [3.63, 3.8) is 0 Å². The predicted octanol–water partition coefficient (Wildman–Crippen LogP) is 3.02. The number of tetrazole rings is 1. The summed E-state index contributed by atoms with van der Waals surface area (Å²) < 4.78 is 1.65. The van der Waals surface area contributed by atoms with E-state index in [1.54, 1.807) is 4.68 Å². The summed E-state index contributed by atoms with van der Waals surface area (Å²) in [5.41, 5.74) is 2.04. The van der Waals surface area contributed by atoms with Crippen LogP contribution in [0.3, 0.4) is 0 Å². The van der Waals surface area contributed by atoms with Gasteiger partial charge in [-0.1, -0.05) is 60.3 Å². The standard InChI is InChI=1S/C19H19N5OS/c25-17(20-18(15-11-12-15)14-7-3-1-4-8-14)13-26-19-21-22-23-24(19)16-9-5-2-6-10-16/h1-10,15,18H,11-13H2,(H,20,25). The highest BCUT2D eigenvalue weighted by Crippen LogP contribution is 2.41. The quantitative estimate of drug-likeness (QED) is 0.652. The predicted molar refractivity (Wildman–Crippen MR) is 99.9 cm³/mol. The molecule has 3 aromatic rings. The minimum Gasteiger partial charge on any atom is -0.348 e. The van der Waals surface area contributed by atoms with Gasteiger partial charge in [0.05, 0.1) is 17.5 Å². The molecular formula is C19H19N5OS. The monoisotopic (exact) mass is 365 g/mol. The normalized spacial score (nSPS) is 14.8. The van der Waals surface area contributed by atoms with E-state index in [-0.39, 0.29) is 17.7 Å². The third-order valence-electron chi connectivity index (χ3n) is 4.34. The second-order valence-corrected chi connectivity index (χ2v) is 7.23. The third-order valence-corrected chi connectivity index (χ3v) is 5.26. The van der Waals surface area contributed by atoms with Crippen LogP contribution >= 0.6 is 11.8 Å². The topological polar surface area (TPSA) is 72.7 Å².